The van der Waals surface area contributed by atoms with Gasteiger partial charge in [0.05, 0.1) is 19.3 Å². The molecule has 0 saturated heterocycles. The number of methoxy groups -OCH3 is 2. The van der Waals surface area contributed by atoms with Gasteiger partial charge in [0.25, 0.3) is 0 Å². The van der Waals surface area contributed by atoms with E-state index in [9.17, 15) is 5.11 Å². The molecule has 3 nitrogen and oxygen atoms in total. The van der Waals surface area contributed by atoms with Gasteiger partial charge in [-0.3, -0.25) is 0 Å². The van der Waals surface area contributed by atoms with Gasteiger partial charge in [-0.05, 0) is 30.5 Å². The number of ether oxygens (including phenoxy) is 2. The Labute approximate surface area is 99.9 Å². The highest BCUT2D eigenvalue weighted by Gasteiger charge is 2.45. The molecule has 1 N–H and O–H groups in total. The highest BCUT2D eigenvalue weighted by molar-refractivity contribution is 6.30. The van der Waals surface area contributed by atoms with Crippen molar-refractivity contribution < 1.29 is 14.6 Å². The summed E-state index contributed by atoms with van der Waals surface area (Å²) in [5.74, 6) is 0.638. The van der Waals surface area contributed by atoms with Crippen molar-refractivity contribution in [1.29, 1.82) is 0 Å². The van der Waals surface area contributed by atoms with Crippen molar-refractivity contribution in [3.8, 4) is 5.75 Å². The van der Waals surface area contributed by atoms with Gasteiger partial charge in [-0.2, -0.15) is 0 Å². The minimum Gasteiger partial charge on any atom is -0.496 e. The van der Waals surface area contributed by atoms with Crippen LogP contribution in [0.15, 0.2) is 12.1 Å². The summed E-state index contributed by atoms with van der Waals surface area (Å²) in [6.07, 6.45) is 1.53. The largest absolute Gasteiger partial charge is 0.496 e. The molecule has 16 heavy (non-hydrogen) atoms. The maximum absolute atomic E-state index is 10.2. The van der Waals surface area contributed by atoms with Crippen molar-refractivity contribution in [1.82, 2.24) is 0 Å². The molecule has 1 aromatic rings. The monoisotopic (exact) mass is 242 g/mol. The average Bonchev–Trinajstić information content (AvgIpc) is 2.96. The standard InChI is InChI=1S/C12H15ClO3/c1-15-7-8-5-9(13)6-10(16-2)11(8)12(14)3-4-12/h5-6,14H,3-4,7H2,1-2H3. The summed E-state index contributed by atoms with van der Waals surface area (Å²) in [4.78, 5) is 0. The van der Waals surface area contributed by atoms with Gasteiger partial charge in [-0.1, -0.05) is 11.6 Å². The molecule has 1 fully saturated rings. The van der Waals surface area contributed by atoms with Crippen molar-refractivity contribution in [2.75, 3.05) is 14.2 Å². The summed E-state index contributed by atoms with van der Waals surface area (Å²) in [6.45, 7) is 0.425. The zero-order chi connectivity index (χ0) is 11.8. The molecule has 1 aromatic carbocycles. The predicted octanol–water partition coefficient (Wildman–Crippen LogP) is 2.48. The molecule has 0 atom stereocenters. The van der Waals surface area contributed by atoms with Crippen LogP contribution in [-0.2, 0) is 16.9 Å². The number of aliphatic hydroxyl groups is 1. The molecule has 88 valence electrons. The Balaban J connectivity index is 2.52. The van der Waals surface area contributed by atoms with Crippen LogP contribution >= 0.6 is 11.6 Å². The first-order chi connectivity index (χ1) is 7.60. The van der Waals surface area contributed by atoms with Crippen molar-refractivity contribution in [2.24, 2.45) is 0 Å². The Morgan fingerprint density at radius 3 is 2.56 bits per heavy atom. The van der Waals surface area contributed by atoms with Crippen LogP contribution in [0.1, 0.15) is 24.0 Å². The third-order valence-electron chi connectivity index (χ3n) is 2.86. The van der Waals surface area contributed by atoms with Gasteiger partial charge in [0.1, 0.15) is 5.75 Å². The van der Waals surface area contributed by atoms with E-state index in [0.717, 1.165) is 24.0 Å². The molecule has 2 rings (SSSR count). The first-order valence-electron chi connectivity index (χ1n) is 5.19. The Bertz CT molecular complexity index is 399. The minimum atomic E-state index is -0.746. The second-order valence-electron chi connectivity index (χ2n) is 4.11. The fourth-order valence-electron chi connectivity index (χ4n) is 1.96. The number of halogens is 1. The molecule has 4 heteroatoms. The maximum Gasteiger partial charge on any atom is 0.126 e. The van der Waals surface area contributed by atoms with Gasteiger partial charge in [-0.15, -0.1) is 0 Å². The van der Waals surface area contributed by atoms with Crippen molar-refractivity contribution in [3.05, 3.63) is 28.3 Å². The van der Waals surface area contributed by atoms with E-state index in [2.05, 4.69) is 0 Å². The van der Waals surface area contributed by atoms with Crippen LogP contribution in [0.5, 0.6) is 5.75 Å². The summed E-state index contributed by atoms with van der Waals surface area (Å²) in [5.41, 5.74) is 0.970. The van der Waals surface area contributed by atoms with Crippen LogP contribution in [0.2, 0.25) is 5.02 Å². The second kappa shape index (κ2) is 4.24. The topological polar surface area (TPSA) is 38.7 Å². The van der Waals surface area contributed by atoms with E-state index in [4.69, 9.17) is 21.1 Å². The zero-order valence-electron chi connectivity index (χ0n) is 9.42. The maximum atomic E-state index is 10.2. The number of hydrogen-bond acceptors (Lipinski definition) is 3. The SMILES string of the molecule is COCc1cc(Cl)cc(OC)c1C1(O)CC1. The summed E-state index contributed by atoms with van der Waals surface area (Å²) in [7, 11) is 3.20. The van der Waals surface area contributed by atoms with E-state index < -0.39 is 5.60 Å². The molecule has 1 aliphatic carbocycles. The molecule has 0 aliphatic heterocycles. The molecular weight excluding hydrogens is 228 g/mol. The van der Waals surface area contributed by atoms with Crippen LogP contribution in [0, 0.1) is 0 Å². The van der Waals surface area contributed by atoms with E-state index in [-0.39, 0.29) is 0 Å². The Morgan fingerprint density at radius 2 is 2.06 bits per heavy atom. The highest BCUT2D eigenvalue weighted by atomic mass is 35.5. The van der Waals surface area contributed by atoms with Gasteiger partial charge in [0.15, 0.2) is 0 Å². The Morgan fingerprint density at radius 1 is 1.38 bits per heavy atom. The number of benzene rings is 1. The molecule has 0 amide bonds. The lowest BCUT2D eigenvalue weighted by Gasteiger charge is -2.18. The normalized spacial score (nSPS) is 17.2. The molecular formula is C12H15ClO3. The molecule has 0 bridgehead atoms. The number of rotatable bonds is 4. The van der Waals surface area contributed by atoms with Gasteiger partial charge in [-0.25, -0.2) is 0 Å². The lowest BCUT2D eigenvalue weighted by atomic mass is 9.99. The van der Waals surface area contributed by atoms with Crippen LogP contribution in [0.3, 0.4) is 0 Å². The lowest BCUT2D eigenvalue weighted by Crippen LogP contribution is -2.11. The smallest absolute Gasteiger partial charge is 0.126 e. The average molecular weight is 243 g/mol. The Kier molecular flexibility index (Phi) is 3.10. The first-order valence-corrected chi connectivity index (χ1v) is 5.57. The molecule has 0 spiro atoms. The van der Waals surface area contributed by atoms with Gasteiger partial charge < -0.3 is 14.6 Å². The van der Waals surface area contributed by atoms with Crippen molar-refractivity contribution >= 4 is 11.6 Å². The van der Waals surface area contributed by atoms with Crippen LogP contribution in [-0.4, -0.2) is 19.3 Å². The van der Waals surface area contributed by atoms with Crippen LogP contribution < -0.4 is 4.74 Å². The summed E-state index contributed by atoms with van der Waals surface area (Å²) in [6, 6.07) is 3.55. The fourth-order valence-corrected chi connectivity index (χ4v) is 2.19. The molecule has 0 radical (unpaired) electrons. The minimum absolute atomic E-state index is 0.425. The van der Waals surface area contributed by atoms with Crippen molar-refractivity contribution in [3.63, 3.8) is 0 Å². The van der Waals surface area contributed by atoms with E-state index in [1.54, 1.807) is 20.3 Å². The first kappa shape index (κ1) is 11.7. The predicted molar refractivity (Wildman–Crippen MR) is 61.8 cm³/mol. The third kappa shape index (κ3) is 2.03. The molecule has 1 saturated carbocycles. The fraction of sp³-hybridized carbons (Fsp3) is 0.500. The Hall–Kier alpha value is -0.770. The second-order valence-corrected chi connectivity index (χ2v) is 4.54. The summed E-state index contributed by atoms with van der Waals surface area (Å²) >= 11 is 5.99. The van der Waals surface area contributed by atoms with Gasteiger partial charge in [0.2, 0.25) is 0 Å². The zero-order valence-corrected chi connectivity index (χ0v) is 10.2. The van der Waals surface area contributed by atoms with Gasteiger partial charge >= 0.3 is 0 Å². The lowest BCUT2D eigenvalue weighted by molar-refractivity contribution is 0.138. The summed E-state index contributed by atoms with van der Waals surface area (Å²) in [5, 5.41) is 10.8. The van der Waals surface area contributed by atoms with E-state index in [1.807, 2.05) is 6.07 Å². The number of hydrogen-bond donors (Lipinski definition) is 1. The van der Waals surface area contributed by atoms with Crippen LogP contribution in [0.25, 0.3) is 0 Å². The summed E-state index contributed by atoms with van der Waals surface area (Å²) < 4.78 is 10.4. The van der Waals surface area contributed by atoms with E-state index in [1.165, 1.54) is 0 Å². The van der Waals surface area contributed by atoms with Crippen molar-refractivity contribution in [2.45, 2.75) is 25.0 Å². The van der Waals surface area contributed by atoms with E-state index >= 15 is 0 Å². The highest BCUT2D eigenvalue weighted by Crippen LogP contribution is 2.50. The molecule has 0 unspecified atom stereocenters. The van der Waals surface area contributed by atoms with Gasteiger partial charge in [0, 0.05) is 17.7 Å². The van der Waals surface area contributed by atoms with Crippen LogP contribution in [0.4, 0.5) is 0 Å². The molecule has 0 aromatic heterocycles. The third-order valence-corrected chi connectivity index (χ3v) is 3.08. The quantitative estimate of drug-likeness (QED) is 0.882. The van der Waals surface area contributed by atoms with E-state index in [0.29, 0.717) is 17.4 Å². The molecule has 0 heterocycles. The molecule has 1 aliphatic rings.